The van der Waals surface area contributed by atoms with Gasteiger partial charge in [-0.1, -0.05) is 62.4 Å². The van der Waals surface area contributed by atoms with Crippen LogP contribution < -0.4 is 15.0 Å². The number of carboxylic acids is 1. The molecule has 5 aliphatic heterocycles. The highest BCUT2D eigenvalue weighted by atomic mass is 16.5. The fourth-order valence-corrected chi connectivity index (χ4v) is 15.0. The molecule has 1 unspecified atom stereocenters. The number of likely N-dealkylation sites (N-methyl/N-ethyl adjacent to an activating group) is 1. The van der Waals surface area contributed by atoms with Crippen molar-refractivity contribution in [2.45, 2.75) is 105 Å². The van der Waals surface area contributed by atoms with Crippen LogP contribution in [0.4, 0.5) is 5.69 Å². The molecular weight excluding hydrogens is 877 g/mol. The summed E-state index contributed by atoms with van der Waals surface area (Å²) < 4.78 is 12.4. The summed E-state index contributed by atoms with van der Waals surface area (Å²) >= 11 is 0. The van der Waals surface area contributed by atoms with E-state index in [4.69, 9.17) is 9.47 Å². The normalized spacial score (nSPS) is 33.9. The lowest BCUT2D eigenvalue weighted by molar-refractivity contribution is -0.204. The second-order valence-corrected chi connectivity index (χ2v) is 21.1. The number of nitrogens with zero attached hydrogens (tertiary/aromatic N) is 3. The number of ether oxygens (including phenoxy) is 2. The molecule has 1 spiro atoms. The number of carboxylic acid groups (broad SMARTS) is 1. The van der Waals surface area contributed by atoms with Crippen molar-refractivity contribution in [3.05, 3.63) is 107 Å². The standard InChI is InChI=1S/C54H64N6O9/c1-6-50(66)26-31-27-53(49(65)69-5,43-35(17-21-59(29-31)30-50)34-14-9-11-16-39(34)56-43)37-24-36-41(25-42(37)68-4)58(3)46-52(36)19-22-60-20-12-18-51(7-2,45(52)60)47(63)54(46,67)48(64)57-40(44(61)62)23-32-28-55-38-15-10-8-13-33(32)38/h8-16,18,24-25,28,31,40,45-47,55-56,63,66-67H,6-7,17,19-23,26-27,29-30H2,1-5H3,(H,57,64)(H,61,62)/t31-,40+,45+,46-,47-,50+,51-,52-,53+,54+/m1/s1. The van der Waals surface area contributed by atoms with E-state index >= 15 is 9.59 Å². The first kappa shape index (κ1) is 45.7. The van der Waals surface area contributed by atoms with Crippen LogP contribution >= 0.6 is 0 Å². The lowest BCUT2D eigenvalue weighted by Gasteiger charge is -2.63. The maximum Gasteiger partial charge on any atom is 0.326 e. The lowest BCUT2D eigenvalue weighted by atomic mass is 9.47. The number of nitrogens with one attached hydrogen (secondary N) is 3. The molecule has 15 heteroatoms. The Labute approximate surface area is 401 Å². The number of benzene rings is 3. The monoisotopic (exact) mass is 940 g/mol. The van der Waals surface area contributed by atoms with E-state index in [0.717, 1.165) is 32.9 Å². The molecule has 1 saturated carbocycles. The highest BCUT2D eigenvalue weighted by Crippen LogP contribution is 2.67. The molecule has 5 aromatic rings. The predicted molar refractivity (Wildman–Crippen MR) is 260 cm³/mol. The Morgan fingerprint density at radius 2 is 1.70 bits per heavy atom. The molecule has 2 aromatic heterocycles. The summed E-state index contributed by atoms with van der Waals surface area (Å²) in [7, 11) is 4.81. The topological polar surface area (TPSA) is 204 Å². The van der Waals surface area contributed by atoms with Crippen molar-refractivity contribution in [3.8, 4) is 5.75 Å². The average Bonchev–Trinajstić information content (AvgIpc) is 4.12. The molecular formula is C54H64N6O9. The second-order valence-electron chi connectivity index (χ2n) is 21.1. The number of fused-ring (bicyclic) bond motifs is 7. The first-order valence-corrected chi connectivity index (χ1v) is 24.6. The van der Waals surface area contributed by atoms with Crippen LogP contribution in [0.5, 0.6) is 5.75 Å². The van der Waals surface area contributed by atoms with E-state index in [0.29, 0.717) is 93.1 Å². The molecule has 7 heterocycles. The summed E-state index contributed by atoms with van der Waals surface area (Å²) in [4.78, 5) is 57.6. The van der Waals surface area contributed by atoms with Gasteiger partial charge < -0.3 is 50.1 Å². The van der Waals surface area contributed by atoms with Crippen molar-refractivity contribution in [2.75, 3.05) is 58.9 Å². The average molecular weight is 941 g/mol. The SMILES string of the molecule is CC[C@]1(O)C[C@H]2CN(CCc3c([nH]c4ccccc34)[C@@](C(=O)OC)(c3cc4c(cc3OC)N(C)[C@H]3[C@@](O)(C(=O)N[C@@H](Cc5c[nH]c6ccccc56)C(=O)O)[C@H](O)[C@]5(CC)C=CCN6CC[C@]43[C@@H]65)C2)C1. The summed E-state index contributed by atoms with van der Waals surface area (Å²) in [6, 6.07) is 16.6. The largest absolute Gasteiger partial charge is 0.496 e. The minimum absolute atomic E-state index is 0.0707. The number of hydrogen-bond acceptors (Lipinski definition) is 11. The van der Waals surface area contributed by atoms with Crippen LogP contribution in [0.2, 0.25) is 0 Å². The van der Waals surface area contributed by atoms with Gasteiger partial charge in [0.1, 0.15) is 23.3 Å². The molecule has 1 amide bonds. The number of aliphatic hydroxyl groups excluding tert-OH is 1. The Morgan fingerprint density at radius 3 is 2.42 bits per heavy atom. The Morgan fingerprint density at radius 1 is 0.942 bits per heavy atom. The van der Waals surface area contributed by atoms with Crippen LogP contribution in [0.15, 0.2) is 79.0 Å². The number of esters is 1. The number of aliphatic hydroxyl groups is 3. The highest BCUT2D eigenvalue weighted by molar-refractivity contribution is 5.96. The zero-order valence-corrected chi connectivity index (χ0v) is 40.0. The maximum atomic E-state index is 15.5. The van der Waals surface area contributed by atoms with Crippen LogP contribution in [0, 0.1) is 11.3 Å². The van der Waals surface area contributed by atoms with E-state index in [-0.39, 0.29) is 18.8 Å². The van der Waals surface area contributed by atoms with Gasteiger partial charge in [-0.05, 0) is 85.9 Å². The fraction of sp³-hybridized carbons (Fsp3) is 0.500. The van der Waals surface area contributed by atoms with Gasteiger partial charge in [0.2, 0.25) is 0 Å². The van der Waals surface area contributed by atoms with Crippen molar-refractivity contribution in [3.63, 3.8) is 0 Å². The van der Waals surface area contributed by atoms with Gasteiger partial charge in [-0.15, -0.1) is 0 Å². The van der Waals surface area contributed by atoms with Crippen LogP contribution in [-0.2, 0) is 42.8 Å². The Kier molecular flexibility index (Phi) is 10.7. The molecule has 69 heavy (non-hydrogen) atoms. The third-order valence-corrected chi connectivity index (χ3v) is 17.9. The smallest absolute Gasteiger partial charge is 0.326 e. The first-order valence-electron chi connectivity index (χ1n) is 24.6. The number of piperidine rings is 1. The van der Waals surface area contributed by atoms with Gasteiger partial charge in [-0.3, -0.25) is 19.4 Å². The number of aliphatic carboxylic acids is 1. The van der Waals surface area contributed by atoms with Crippen LogP contribution in [-0.4, -0.2) is 147 Å². The zero-order chi connectivity index (χ0) is 48.4. The number of rotatable bonds is 10. The fourth-order valence-electron chi connectivity index (χ4n) is 15.0. The number of aromatic nitrogens is 2. The van der Waals surface area contributed by atoms with E-state index < -0.39 is 69.5 Å². The number of methoxy groups -OCH3 is 2. The highest BCUT2D eigenvalue weighted by Gasteiger charge is 2.79. The van der Waals surface area contributed by atoms with Gasteiger partial charge in [0.05, 0.1) is 25.9 Å². The molecule has 0 radical (unpaired) electrons. The summed E-state index contributed by atoms with van der Waals surface area (Å²) in [5, 5.41) is 54.1. The summed E-state index contributed by atoms with van der Waals surface area (Å²) in [6.07, 6.45) is 6.75. The molecule has 15 nitrogen and oxygen atoms in total. The molecule has 364 valence electrons. The molecule has 3 fully saturated rings. The van der Waals surface area contributed by atoms with Crippen molar-refractivity contribution < 1.29 is 44.3 Å². The molecule has 3 aromatic carbocycles. The first-order chi connectivity index (χ1) is 33.1. The molecule has 2 saturated heterocycles. The Hall–Kier alpha value is -5.71. The van der Waals surface area contributed by atoms with Crippen molar-refractivity contribution >= 4 is 45.3 Å². The van der Waals surface area contributed by atoms with Gasteiger partial charge in [0, 0.05) is 108 Å². The number of anilines is 1. The molecule has 2 bridgehead atoms. The number of amides is 1. The minimum Gasteiger partial charge on any atom is -0.496 e. The molecule has 1 aliphatic carbocycles. The van der Waals surface area contributed by atoms with E-state index in [1.807, 2.05) is 86.5 Å². The van der Waals surface area contributed by atoms with Gasteiger partial charge in [-0.25, -0.2) is 4.79 Å². The van der Waals surface area contributed by atoms with Gasteiger partial charge in [0.25, 0.3) is 5.91 Å². The third-order valence-electron chi connectivity index (χ3n) is 17.9. The molecule has 11 rings (SSSR count). The van der Waals surface area contributed by atoms with Crippen LogP contribution in [0.3, 0.4) is 0 Å². The predicted octanol–water partition coefficient (Wildman–Crippen LogP) is 4.54. The number of H-pyrrole nitrogens is 2. The van der Waals surface area contributed by atoms with E-state index in [9.17, 15) is 25.2 Å². The number of hydrogen-bond donors (Lipinski definition) is 7. The summed E-state index contributed by atoms with van der Waals surface area (Å²) in [5.41, 5.74) is -1.08. The molecule has 7 N–H and O–H groups in total. The van der Waals surface area contributed by atoms with E-state index in [1.165, 1.54) is 7.11 Å². The van der Waals surface area contributed by atoms with Crippen molar-refractivity contribution in [1.82, 2.24) is 25.1 Å². The molecule has 11 atom stereocenters. The number of carbonyl (C=O) groups is 3. The lowest BCUT2D eigenvalue weighted by Crippen LogP contribution is -2.82. The van der Waals surface area contributed by atoms with Gasteiger partial charge in [-0.2, -0.15) is 0 Å². The van der Waals surface area contributed by atoms with Gasteiger partial charge in [0.15, 0.2) is 5.60 Å². The summed E-state index contributed by atoms with van der Waals surface area (Å²) in [6.45, 7) is 7.04. The Bertz CT molecular complexity index is 2930. The Balaban J connectivity index is 1.12. The van der Waals surface area contributed by atoms with Crippen LogP contribution in [0.1, 0.15) is 73.9 Å². The summed E-state index contributed by atoms with van der Waals surface area (Å²) in [5.74, 6) is -2.47. The van der Waals surface area contributed by atoms with E-state index in [2.05, 4.69) is 37.2 Å². The van der Waals surface area contributed by atoms with E-state index in [1.54, 1.807) is 13.3 Å². The quantitative estimate of drug-likeness (QED) is 0.0763. The minimum atomic E-state index is -2.56. The number of para-hydroxylation sites is 2. The maximum absolute atomic E-state index is 15.5. The van der Waals surface area contributed by atoms with Gasteiger partial charge >= 0.3 is 11.9 Å². The third kappa shape index (κ3) is 6.25. The van der Waals surface area contributed by atoms with Crippen LogP contribution in [0.25, 0.3) is 21.8 Å². The van der Waals surface area contributed by atoms with Crippen molar-refractivity contribution in [1.29, 1.82) is 0 Å². The molecule has 6 aliphatic rings. The number of aromatic amines is 2. The van der Waals surface area contributed by atoms with Crippen molar-refractivity contribution in [2.24, 2.45) is 11.3 Å². The zero-order valence-electron chi connectivity index (χ0n) is 40.0. The number of carbonyl (C=O) groups excluding carboxylic acids is 2. The second kappa shape index (κ2) is 16.2.